The Bertz CT molecular complexity index is 566. The quantitative estimate of drug-likeness (QED) is 0.850. The van der Waals surface area contributed by atoms with Crippen molar-refractivity contribution < 1.29 is 9.59 Å². The molecule has 2 aliphatic rings. The van der Waals surface area contributed by atoms with Gasteiger partial charge in [0.25, 0.3) is 0 Å². The SMILES string of the molecule is C[C@H](c1nccs1)N(C)C(=O)CN1CC2(CCCCC2)CC1=O. The van der Waals surface area contributed by atoms with Gasteiger partial charge in [0.2, 0.25) is 11.8 Å². The third-order valence-electron chi connectivity index (χ3n) is 5.43. The molecule has 0 radical (unpaired) electrons. The van der Waals surface area contributed by atoms with Crippen LogP contribution in [0.4, 0.5) is 0 Å². The van der Waals surface area contributed by atoms with Gasteiger partial charge in [0.1, 0.15) is 5.01 Å². The van der Waals surface area contributed by atoms with Crippen molar-refractivity contribution in [3.05, 3.63) is 16.6 Å². The molecule has 23 heavy (non-hydrogen) atoms. The van der Waals surface area contributed by atoms with Gasteiger partial charge in [-0.1, -0.05) is 19.3 Å². The molecular weight excluding hydrogens is 310 g/mol. The number of thiazole rings is 1. The monoisotopic (exact) mass is 335 g/mol. The molecule has 0 bridgehead atoms. The Morgan fingerprint density at radius 3 is 2.83 bits per heavy atom. The molecule has 3 rings (SSSR count). The van der Waals surface area contributed by atoms with E-state index in [-0.39, 0.29) is 29.8 Å². The molecule has 1 aliphatic heterocycles. The van der Waals surface area contributed by atoms with Gasteiger partial charge in [-0.25, -0.2) is 4.98 Å². The topological polar surface area (TPSA) is 53.5 Å². The lowest BCUT2D eigenvalue weighted by Gasteiger charge is -2.33. The fourth-order valence-corrected chi connectivity index (χ4v) is 4.60. The van der Waals surface area contributed by atoms with E-state index >= 15 is 0 Å². The highest BCUT2D eigenvalue weighted by Gasteiger charge is 2.44. The standard InChI is InChI=1S/C17H25N3O2S/c1-13(16-18-8-9-23-16)19(2)15(22)11-20-12-17(10-14(20)21)6-4-3-5-7-17/h8-9,13H,3-7,10-12H2,1-2H3/t13-/m1/s1. The molecule has 0 N–H and O–H groups in total. The molecule has 2 amide bonds. The number of amides is 2. The number of hydrogen-bond donors (Lipinski definition) is 0. The summed E-state index contributed by atoms with van der Waals surface area (Å²) >= 11 is 1.55. The average molecular weight is 335 g/mol. The summed E-state index contributed by atoms with van der Waals surface area (Å²) in [6.45, 7) is 2.94. The van der Waals surface area contributed by atoms with Crippen LogP contribution in [0, 0.1) is 5.41 Å². The molecule has 1 spiro atoms. The van der Waals surface area contributed by atoms with Crippen molar-refractivity contribution in [3.8, 4) is 0 Å². The van der Waals surface area contributed by atoms with Crippen LogP contribution in [0.15, 0.2) is 11.6 Å². The number of hydrogen-bond acceptors (Lipinski definition) is 4. The highest BCUT2D eigenvalue weighted by atomic mass is 32.1. The first-order valence-corrected chi connectivity index (χ1v) is 9.32. The van der Waals surface area contributed by atoms with Crippen LogP contribution in [0.3, 0.4) is 0 Å². The Balaban J connectivity index is 1.60. The lowest BCUT2D eigenvalue weighted by molar-refractivity contribution is -0.138. The van der Waals surface area contributed by atoms with E-state index in [1.54, 1.807) is 34.4 Å². The molecule has 5 nitrogen and oxygen atoms in total. The van der Waals surface area contributed by atoms with Gasteiger partial charge in [0.05, 0.1) is 12.6 Å². The van der Waals surface area contributed by atoms with E-state index in [0.717, 1.165) is 24.4 Å². The predicted octanol–water partition coefficient (Wildman–Crippen LogP) is 2.85. The lowest BCUT2D eigenvalue weighted by Crippen LogP contribution is -2.41. The number of likely N-dealkylation sites (N-methyl/N-ethyl adjacent to an activating group) is 1. The number of carbonyl (C=O) groups excluding carboxylic acids is 2. The Morgan fingerprint density at radius 2 is 2.17 bits per heavy atom. The molecule has 0 aromatic carbocycles. The molecule has 1 atom stereocenters. The third kappa shape index (κ3) is 3.42. The van der Waals surface area contributed by atoms with Crippen molar-refractivity contribution in [2.45, 2.75) is 51.5 Å². The maximum absolute atomic E-state index is 12.6. The smallest absolute Gasteiger partial charge is 0.242 e. The average Bonchev–Trinajstić information content (AvgIpc) is 3.16. The molecule has 126 valence electrons. The Hall–Kier alpha value is -1.43. The summed E-state index contributed by atoms with van der Waals surface area (Å²) in [5, 5.41) is 2.85. The van der Waals surface area contributed by atoms with E-state index in [1.807, 2.05) is 12.3 Å². The molecule has 2 fully saturated rings. The van der Waals surface area contributed by atoms with E-state index in [9.17, 15) is 9.59 Å². The lowest BCUT2D eigenvalue weighted by atomic mass is 9.73. The largest absolute Gasteiger partial charge is 0.335 e. The summed E-state index contributed by atoms with van der Waals surface area (Å²) in [6, 6.07) is -0.0520. The van der Waals surface area contributed by atoms with Gasteiger partial charge >= 0.3 is 0 Å². The number of rotatable bonds is 4. The van der Waals surface area contributed by atoms with Crippen LogP contribution < -0.4 is 0 Å². The van der Waals surface area contributed by atoms with E-state index in [0.29, 0.717) is 6.42 Å². The fourth-order valence-electron chi connectivity index (χ4n) is 3.86. The van der Waals surface area contributed by atoms with Crippen LogP contribution in [-0.4, -0.2) is 46.7 Å². The minimum absolute atomic E-state index is 0.00564. The van der Waals surface area contributed by atoms with Crippen LogP contribution in [0.25, 0.3) is 0 Å². The Kier molecular flexibility index (Phi) is 4.71. The molecule has 0 unspecified atom stereocenters. The summed E-state index contributed by atoms with van der Waals surface area (Å²) in [6.07, 6.45) is 8.37. The van der Waals surface area contributed by atoms with E-state index in [4.69, 9.17) is 0 Å². The Morgan fingerprint density at radius 1 is 1.43 bits per heavy atom. The molecule has 1 aromatic rings. The first kappa shape index (κ1) is 16.4. The van der Waals surface area contributed by atoms with Gasteiger partial charge in [-0.05, 0) is 25.2 Å². The van der Waals surface area contributed by atoms with Gasteiger partial charge in [0.15, 0.2) is 0 Å². The van der Waals surface area contributed by atoms with Gasteiger partial charge in [-0.2, -0.15) is 0 Å². The molecule has 1 aliphatic carbocycles. The van der Waals surface area contributed by atoms with Crippen molar-refractivity contribution >= 4 is 23.2 Å². The summed E-state index contributed by atoms with van der Waals surface area (Å²) in [4.78, 5) is 32.7. The van der Waals surface area contributed by atoms with Crippen LogP contribution in [0.1, 0.15) is 56.5 Å². The number of nitrogens with zero attached hydrogens (tertiary/aromatic N) is 3. The zero-order chi connectivity index (χ0) is 16.4. The minimum Gasteiger partial charge on any atom is -0.335 e. The number of aromatic nitrogens is 1. The maximum Gasteiger partial charge on any atom is 0.242 e. The highest BCUT2D eigenvalue weighted by molar-refractivity contribution is 7.09. The van der Waals surface area contributed by atoms with E-state index < -0.39 is 0 Å². The molecule has 1 aromatic heterocycles. The molecule has 6 heteroatoms. The van der Waals surface area contributed by atoms with Crippen molar-refractivity contribution in [2.24, 2.45) is 5.41 Å². The van der Waals surface area contributed by atoms with Crippen molar-refractivity contribution in [3.63, 3.8) is 0 Å². The second-order valence-corrected chi connectivity index (χ2v) is 7.96. The van der Waals surface area contributed by atoms with Crippen molar-refractivity contribution in [1.29, 1.82) is 0 Å². The molecular formula is C17H25N3O2S. The second-order valence-electron chi connectivity index (χ2n) is 7.04. The van der Waals surface area contributed by atoms with Crippen LogP contribution >= 0.6 is 11.3 Å². The maximum atomic E-state index is 12.6. The Labute approximate surface area is 141 Å². The second kappa shape index (κ2) is 6.59. The first-order valence-electron chi connectivity index (χ1n) is 8.44. The van der Waals surface area contributed by atoms with E-state index in [1.165, 1.54) is 19.3 Å². The summed E-state index contributed by atoms with van der Waals surface area (Å²) < 4.78 is 0. The van der Waals surface area contributed by atoms with Crippen molar-refractivity contribution in [2.75, 3.05) is 20.1 Å². The molecule has 1 saturated heterocycles. The molecule has 2 heterocycles. The normalized spacial score (nSPS) is 21.7. The zero-order valence-electron chi connectivity index (χ0n) is 14.0. The fraction of sp³-hybridized carbons (Fsp3) is 0.706. The van der Waals surface area contributed by atoms with Crippen LogP contribution in [-0.2, 0) is 9.59 Å². The summed E-state index contributed by atoms with van der Waals surface area (Å²) in [5.41, 5.74) is 0.148. The van der Waals surface area contributed by atoms with Crippen molar-refractivity contribution in [1.82, 2.24) is 14.8 Å². The van der Waals surface area contributed by atoms with E-state index in [2.05, 4.69) is 4.98 Å². The van der Waals surface area contributed by atoms with Gasteiger partial charge < -0.3 is 9.80 Å². The van der Waals surface area contributed by atoms with Gasteiger partial charge in [-0.3, -0.25) is 9.59 Å². The summed E-state index contributed by atoms with van der Waals surface area (Å²) in [7, 11) is 1.80. The first-order chi connectivity index (χ1) is 11.0. The number of carbonyl (C=O) groups is 2. The van der Waals surface area contributed by atoms with Crippen LogP contribution in [0.5, 0.6) is 0 Å². The van der Waals surface area contributed by atoms with Gasteiger partial charge in [0, 0.05) is 31.6 Å². The molecule has 1 saturated carbocycles. The number of likely N-dealkylation sites (tertiary alicyclic amines) is 1. The third-order valence-corrected chi connectivity index (χ3v) is 6.37. The summed E-state index contributed by atoms with van der Waals surface area (Å²) in [5.74, 6) is 0.143. The predicted molar refractivity (Wildman–Crippen MR) is 90.0 cm³/mol. The zero-order valence-corrected chi connectivity index (χ0v) is 14.8. The van der Waals surface area contributed by atoms with Crippen LogP contribution in [0.2, 0.25) is 0 Å². The minimum atomic E-state index is -0.0520. The highest BCUT2D eigenvalue weighted by Crippen LogP contribution is 2.44. The van der Waals surface area contributed by atoms with Gasteiger partial charge in [-0.15, -0.1) is 11.3 Å².